The van der Waals surface area contributed by atoms with Gasteiger partial charge in [-0.2, -0.15) is 13.2 Å². The maximum Gasteiger partial charge on any atom is 0.445 e. The number of nitrogens with zero attached hydrogens (tertiary/aromatic N) is 2. The van der Waals surface area contributed by atoms with E-state index in [0.29, 0.717) is 24.3 Å². The van der Waals surface area contributed by atoms with Gasteiger partial charge in [-0.3, -0.25) is 0 Å². The van der Waals surface area contributed by atoms with Gasteiger partial charge in [-0.1, -0.05) is 18.3 Å². The molecular formula is C8H13F3N4S. The first-order valence-corrected chi connectivity index (χ1v) is 5.65. The van der Waals surface area contributed by atoms with E-state index in [1.165, 1.54) is 0 Å². The van der Waals surface area contributed by atoms with Crippen LogP contribution in [-0.2, 0) is 6.18 Å². The highest BCUT2D eigenvalue weighted by molar-refractivity contribution is 7.15. The molecule has 1 heterocycles. The Kier molecular flexibility index (Phi) is 4.48. The van der Waals surface area contributed by atoms with Crippen LogP contribution in [0.5, 0.6) is 0 Å². The van der Waals surface area contributed by atoms with E-state index in [-0.39, 0.29) is 11.2 Å². The van der Waals surface area contributed by atoms with Gasteiger partial charge in [0.15, 0.2) is 0 Å². The lowest BCUT2D eigenvalue weighted by atomic mass is 10.2. The molecule has 0 radical (unpaired) electrons. The summed E-state index contributed by atoms with van der Waals surface area (Å²) in [5.74, 6) is 0. The van der Waals surface area contributed by atoms with E-state index < -0.39 is 11.2 Å². The Morgan fingerprint density at radius 3 is 2.62 bits per heavy atom. The van der Waals surface area contributed by atoms with Crippen LogP contribution in [0.3, 0.4) is 0 Å². The quantitative estimate of drug-likeness (QED) is 0.844. The molecule has 0 aliphatic carbocycles. The molecule has 0 spiro atoms. The molecule has 0 amide bonds. The van der Waals surface area contributed by atoms with Crippen molar-refractivity contribution >= 4 is 16.5 Å². The SMILES string of the molecule is CCC(N)CCNc1nnc(C(F)(F)F)s1. The molecule has 0 bridgehead atoms. The lowest BCUT2D eigenvalue weighted by molar-refractivity contribution is -0.138. The summed E-state index contributed by atoms with van der Waals surface area (Å²) >= 11 is 0.500. The maximum atomic E-state index is 12.2. The van der Waals surface area contributed by atoms with E-state index in [4.69, 9.17) is 5.73 Å². The molecule has 1 atom stereocenters. The molecule has 1 aromatic heterocycles. The highest BCUT2D eigenvalue weighted by Gasteiger charge is 2.35. The van der Waals surface area contributed by atoms with Crippen molar-refractivity contribution in [3.8, 4) is 0 Å². The second kappa shape index (κ2) is 5.44. The van der Waals surface area contributed by atoms with Crippen LogP contribution in [0, 0.1) is 0 Å². The summed E-state index contributed by atoms with van der Waals surface area (Å²) in [4.78, 5) is 0. The van der Waals surface area contributed by atoms with Gasteiger partial charge in [-0.15, -0.1) is 10.2 Å². The molecule has 4 nitrogen and oxygen atoms in total. The van der Waals surface area contributed by atoms with Crippen LogP contribution in [0.25, 0.3) is 0 Å². The average molecular weight is 254 g/mol. The number of nitrogens with one attached hydrogen (secondary N) is 1. The minimum absolute atomic E-state index is 0.0579. The number of hydrogen-bond donors (Lipinski definition) is 2. The van der Waals surface area contributed by atoms with Gasteiger partial charge in [0.1, 0.15) is 0 Å². The Labute approximate surface area is 95.1 Å². The van der Waals surface area contributed by atoms with E-state index in [1.807, 2.05) is 6.92 Å². The molecule has 92 valence electrons. The minimum atomic E-state index is -4.42. The fraction of sp³-hybridized carbons (Fsp3) is 0.750. The third kappa shape index (κ3) is 3.93. The number of alkyl halides is 3. The molecule has 0 aliphatic rings. The predicted molar refractivity (Wildman–Crippen MR) is 56.3 cm³/mol. The van der Waals surface area contributed by atoms with Gasteiger partial charge in [-0.25, -0.2) is 0 Å². The van der Waals surface area contributed by atoms with Gasteiger partial charge in [0.25, 0.3) is 0 Å². The van der Waals surface area contributed by atoms with E-state index in [0.717, 1.165) is 6.42 Å². The molecule has 1 rings (SSSR count). The maximum absolute atomic E-state index is 12.2. The van der Waals surface area contributed by atoms with Crippen LogP contribution in [0.15, 0.2) is 0 Å². The zero-order chi connectivity index (χ0) is 12.2. The van der Waals surface area contributed by atoms with Crippen LogP contribution in [0.1, 0.15) is 24.8 Å². The first kappa shape index (κ1) is 13.2. The van der Waals surface area contributed by atoms with Crippen molar-refractivity contribution in [2.24, 2.45) is 5.73 Å². The van der Waals surface area contributed by atoms with Crippen molar-refractivity contribution in [1.29, 1.82) is 0 Å². The standard InChI is InChI=1S/C8H13F3N4S/c1-2-5(12)3-4-13-7-15-14-6(16-7)8(9,10)11/h5H,2-4,12H2,1H3,(H,13,15). The molecule has 16 heavy (non-hydrogen) atoms. The fourth-order valence-corrected chi connectivity index (χ4v) is 1.61. The number of aromatic nitrogens is 2. The van der Waals surface area contributed by atoms with Crippen LogP contribution >= 0.6 is 11.3 Å². The lowest BCUT2D eigenvalue weighted by Crippen LogP contribution is -2.22. The molecule has 1 unspecified atom stereocenters. The monoisotopic (exact) mass is 254 g/mol. The van der Waals surface area contributed by atoms with E-state index in [1.54, 1.807) is 0 Å². The molecule has 8 heteroatoms. The third-order valence-electron chi connectivity index (χ3n) is 1.98. The molecule has 1 aromatic rings. The van der Waals surface area contributed by atoms with Crippen molar-refractivity contribution in [3.05, 3.63) is 5.01 Å². The van der Waals surface area contributed by atoms with Crippen LogP contribution < -0.4 is 11.1 Å². The smallest absolute Gasteiger partial charge is 0.360 e. The number of anilines is 1. The van der Waals surface area contributed by atoms with Gasteiger partial charge in [0.05, 0.1) is 0 Å². The van der Waals surface area contributed by atoms with Crippen LogP contribution in [0.4, 0.5) is 18.3 Å². The Balaban J connectivity index is 2.41. The van der Waals surface area contributed by atoms with Gasteiger partial charge in [0.2, 0.25) is 10.1 Å². The van der Waals surface area contributed by atoms with Crippen LogP contribution in [0.2, 0.25) is 0 Å². The van der Waals surface area contributed by atoms with Gasteiger partial charge in [0, 0.05) is 12.6 Å². The van der Waals surface area contributed by atoms with Crippen molar-refractivity contribution in [3.63, 3.8) is 0 Å². The number of halogens is 3. The fourth-order valence-electron chi connectivity index (χ4n) is 0.978. The highest BCUT2D eigenvalue weighted by atomic mass is 32.1. The molecular weight excluding hydrogens is 241 g/mol. The molecule has 0 fully saturated rings. The van der Waals surface area contributed by atoms with Gasteiger partial charge >= 0.3 is 6.18 Å². The van der Waals surface area contributed by atoms with Crippen molar-refractivity contribution in [1.82, 2.24) is 10.2 Å². The minimum Gasteiger partial charge on any atom is -0.360 e. The second-order valence-electron chi connectivity index (χ2n) is 3.29. The Hall–Kier alpha value is -0.890. The summed E-state index contributed by atoms with van der Waals surface area (Å²) in [6, 6.07) is 0.0579. The zero-order valence-electron chi connectivity index (χ0n) is 8.71. The second-order valence-corrected chi connectivity index (χ2v) is 4.27. The summed E-state index contributed by atoms with van der Waals surface area (Å²) in [6.07, 6.45) is -2.89. The molecule has 3 N–H and O–H groups in total. The summed E-state index contributed by atoms with van der Waals surface area (Å²) in [6.45, 7) is 2.46. The highest BCUT2D eigenvalue weighted by Crippen LogP contribution is 2.32. The lowest BCUT2D eigenvalue weighted by Gasteiger charge is -2.07. The van der Waals surface area contributed by atoms with Crippen molar-refractivity contribution in [2.45, 2.75) is 32.0 Å². The third-order valence-corrected chi connectivity index (χ3v) is 2.91. The molecule has 0 aromatic carbocycles. The zero-order valence-corrected chi connectivity index (χ0v) is 9.53. The summed E-state index contributed by atoms with van der Waals surface area (Å²) in [7, 11) is 0. The van der Waals surface area contributed by atoms with Crippen molar-refractivity contribution in [2.75, 3.05) is 11.9 Å². The average Bonchev–Trinajstić information content (AvgIpc) is 2.65. The topological polar surface area (TPSA) is 63.8 Å². The Morgan fingerprint density at radius 2 is 2.12 bits per heavy atom. The van der Waals surface area contributed by atoms with E-state index in [9.17, 15) is 13.2 Å². The normalized spacial score (nSPS) is 13.8. The Morgan fingerprint density at radius 1 is 1.44 bits per heavy atom. The predicted octanol–water partition coefficient (Wildman–Crippen LogP) is 2.10. The Bertz CT molecular complexity index is 325. The summed E-state index contributed by atoms with van der Waals surface area (Å²) in [5, 5.41) is 8.47. The number of rotatable bonds is 5. The van der Waals surface area contributed by atoms with Gasteiger partial charge < -0.3 is 11.1 Å². The van der Waals surface area contributed by atoms with Gasteiger partial charge in [-0.05, 0) is 12.8 Å². The van der Waals surface area contributed by atoms with Crippen molar-refractivity contribution < 1.29 is 13.2 Å². The van der Waals surface area contributed by atoms with Crippen LogP contribution in [-0.4, -0.2) is 22.8 Å². The first-order valence-electron chi connectivity index (χ1n) is 4.83. The molecule has 0 aliphatic heterocycles. The first-order chi connectivity index (χ1) is 7.43. The van der Waals surface area contributed by atoms with E-state index in [2.05, 4.69) is 15.5 Å². The summed E-state index contributed by atoms with van der Waals surface area (Å²) < 4.78 is 36.5. The molecule has 0 saturated carbocycles. The van der Waals surface area contributed by atoms with E-state index >= 15 is 0 Å². The summed E-state index contributed by atoms with van der Waals surface area (Å²) in [5.41, 5.74) is 5.66. The molecule has 0 saturated heterocycles. The number of nitrogens with two attached hydrogens (primary N) is 1. The largest absolute Gasteiger partial charge is 0.445 e. The number of hydrogen-bond acceptors (Lipinski definition) is 5.